The Labute approximate surface area is 148 Å². The minimum atomic E-state index is -4.13. The van der Waals surface area contributed by atoms with Crippen molar-refractivity contribution in [1.82, 2.24) is 12.3 Å². The van der Waals surface area contributed by atoms with Gasteiger partial charge in [-0.3, -0.25) is 0 Å². The van der Waals surface area contributed by atoms with Crippen LogP contribution in [0.2, 0.25) is 0 Å². The molecule has 0 bridgehead atoms. The van der Waals surface area contributed by atoms with Crippen LogP contribution in [-0.2, 0) is 20.2 Å². The molecule has 24 heavy (non-hydrogen) atoms. The summed E-state index contributed by atoms with van der Waals surface area (Å²) in [5, 5.41) is 0. The van der Waals surface area contributed by atoms with Crippen LogP contribution in [0, 0.1) is 0 Å². The third kappa shape index (κ3) is 9.28. The molecule has 8 N–H and O–H groups in total. The van der Waals surface area contributed by atoms with Crippen molar-refractivity contribution >= 4 is 20.2 Å². The summed E-state index contributed by atoms with van der Waals surface area (Å²) >= 11 is 0. The van der Waals surface area contributed by atoms with E-state index in [0.717, 1.165) is 12.8 Å². The van der Waals surface area contributed by atoms with Crippen molar-refractivity contribution < 1.29 is 25.9 Å². The van der Waals surface area contributed by atoms with Crippen LogP contribution in [0.1, 0.15) is 80.1 Å². The Bertz CT molecular complexity index is 473. The van der Waals surface area contributed by atoms with Crippen LogP contribution in [0.3, 0.4) is 0 Å². The lowest BCUT2D eigenvalue weighted by Crippen LogP contribution is -2.34. The van der Waals surface area contributed by atoms with Gasteiger partial charge in [0.05, 0.1) is 9.49 Å². The molecule has 152 valence electrons. The smallest absolute Gasteiger partial charge is 0.100 e. The Kier molecular flexibility index (Phi) is 16.0. The van der Waals surface area contributed by atoms with Crippen molar-refractivity contribution in [3.8, 4) is 0 Å². The molecular formula is C14H38N2O6S2. The van der Waals surface area contributed by atoms with Gasteiger partial charge in [0.2, 0.25) is 0 Å². The van der Waals surface area contributed by atoms with E-state index < -0.39 is 29.7 Å². The zero-order valence-corrected chi connectivity index (χ0v) is 18.1. The zero-order valence-electron chi connectivity index (χ0n) is 16.5. The topological polar surface area (TPSA) is 187 Å². The van der Waals surface area contributed by atoms with Crippen LogP contribution in [0.25, 0.3) is 0 Å². The fourth-order valence-corrected chi connectivity index (χ4v) is 3.63. The van der Waals surface area contributed by atoms with Crippen LogP contribution in [0.15, 0.2) is 0 Å². The minimum absolute atomic E-state index is 0. The van der Waals surface area contributed by atoms with Gasteiger partial charge in [0, 0.05) is 0 Å². The third-order valence-corrected chi connectivity index (χ3v) is 7.66. The Hall–Kier alpha value is -0.260. The first-order valence-corrected chi connectivity index (χ1v) is 10.5. The van der Waals surface area contributed by atoms with Gasteiger partial charge >= 0.3 is 0 Å². The molecule has 0 saturated heterocycles. The van der Waals surface area contributed by atoms with Crippen LogP contribution in [0.4, 0.5) is 0 Å². The standard InChI is InChI=1S/2C7H16O3S.2H3N/c2*1-4-6-7(3,5-2)11(8,9)10;;/h2*4-6H2,1-3H3,(H,8,9,10);2*1H3. The Morgan fingerprint density at radius 2 is 0.875 bits per heavy atom. The summed E-state index contributed by atoms with van der Waals surface area (Å²) in [7, 11) is -8.25. The fourth-order valence-electron chi connectivity index (χ4n) is 2.01. The molecule has 0 amide bonds. The van der Waals surface area contributed by atoms with Crippen molar-refractivity contribution in [2.75, 3.05) is 0 Å². The lowest BCUT2D eigenvalue weighted by molar-refractivity contribution is 0.396. The van der Waals surface area contributed by atoms with E-state index in [1.54, 1.807) is 13.8 Å². The van der Waals surface area contributed by atoms with E-state index in [-0.39, 0.29) is 12.3 Å². The summed E-state index contributed by atoms with van der Waals surface area (Å²) in [6.07, 6.45) is 3.15. The molecule has 0 aromatic heterocycles. The normalized spacial score (nSPS) is 16.3. The van der Waals surface area contributed by atoms with Gasteiger partial charge in [-0.1, -0.05) is 40.5 Å². The fraction of sp³-hybridized carbons (Fsp3) is 1.00. The molecule has 0 saturated carbocycles. The van der Waals surface area contributed by atoms with Gasteiger partial charge in [0.15, 0.2) is 0 Å². The van der Waals surface area contributed by atoms with Gasteiger partial charge in [-0.05, 0) is 39.5 Å². The second kappa shape index (κ2) is 12.2. The molecule has 0 fully saturated rings. The molecule has 0 radical (unpaired) electrons. The third-order valence-electron chi connectivity index (χ3n) is 4.26. The van der Waals surface area contributed by atoms with E-state index in [2.05, 4.69) is 0 Å². The van der Waals surface area contributed by atoms with Crippen molar-refractivity contribution in [3.63, 3.8) is 0 Å². The lowest BCUT2D eigenvalue weighted by atomic mass is 10.0. The molecule has 0 rings (SSSR count). The summed E-state index contributed by atoms with van der Waals surface area (Å²) in [6, 6.07) is 0. The van der Waals surface area contributed by atoms with E-state index in [0.29, 0.717) is 25.7 Å². The lowest BCUT2D eigenvalue weighted by Gasteiger charge is -2.30. The first kappa shape index (κ1) is 31.5. The van der Waals surface area contributed by atoms with Crippen LogP contribution >= 0.6 is 0 Å². The molecule has 0 heterocycles. The highest BCUT2D eigenvalue weighted by Gasteiger charge is 2.29. The molecule has 0 aromatic rings. The van der Waals surface area contributed by atoms with E-state index in [9.17, 15) is 25.9 Å². The van der Waals surface area contributed by atoms with Gasteiger partial charge in [-0.15, -0.1) is 0 Å². The average molecular weight is 395 g/mol. The average Bonchev–Trinajstić information content (AvgIpc) is 2.37. The molecule has 2 unspecified atom stereocenters. The summed E-state index contributed by atoms with van der Waals surface area (Å²) in [6.45, 7) is 10.2. The first-order chi connectivity index (χ1) is 9.74. The minimum Gasteiger partial charge on any atom is -0.748 e. The molecule has 0 aliphatic carbocycles. The maximum absolute atomic E-state index is 10.7. The van der Waals surface area contributed by atoms with E-state index in [1.807, 2.05) is 13.8 Å². The van der Waals surface area contributed by atoms with Gasteiger partial charge in [-0.2, -0.15) is 0 Å². The van der Waals surface area contributed by atoms with E-state index >= 15 is 0 Å². The highest BCUT2D eigenvalue weighted by Crippen LogP contribution is 2.26. The summed E-state index contributed by atoms with van der Waals surface area (Å²) in [5.41, 5.74) is 0. The largest absolute Gasteiger partial charge is 0.748 e. The second-order valence-corrected chi connectivity index (χ2v) is 9.80. The van der Waals surface area contributed by atoms with Crippen molar-refractivity contribution in [3.05, 3.63) is 0 Å². The number of hydrogen-bond acceptors (Lipinski definition) is 6. The highest BCUT2D eigenvalue weighted by molar-refractivity contribution is 7.87. The molecule has 8 nitrogen and oxygen atoms in total. The number of quaternary nitrogens is 2. The van der Waals surface area contributed by atoms with Crippen LogP contribution in [0.5, 0.6) is 0 Å². The molecule has 0 aliphatic rings. The quantitative estimate of drug-likeness (QED) is 0.589. The molecule has 2 atom stereocenters. The summed E-state index contributed by atoms with van der Waals surface area (Å²) < 4.78 is 62.2. The molecular weight excluding hydrogens is 356 g/mol. The van der Waals surface area contributed by atoms with Crippen molar-refractivity contribution in [2.45, 2.75) is 89.6 Å². The maximum Gasteiger partial charge on any atom is 0.100 e. The number of rotatable bonds is 8. The highest BCUT2D eigenvalue weighted by atomic mass is 32.2. The van der Waals surface area contributed by atoms with Gasteiger partial charge in [0.25, 0.3) is 0 Å². The van der Waals surface area contributed by atoms with Crippen molar-refractivity contribution in [1.29, 1.82) is 0 Å². The van der Waals surface area contributed by atoms with Gasteiger partial charge in [-0.25, -0.2) is 16.8 Å². The van der Waals surface area contributed by atoms with E-state index in [4.69, 9.17) is 0 Å². The van der Waals surface area contributed by atoms with Gasteiger partial charge in [0.1, 0.15) is 20.2 Å². The predicted octanol–water partition coefficient (Wildman–Crippen LogP) is 3.75. The monoisotopic (exact) mass is 394 g/mol. The Morgan fingerprint density at radius 1 is 0.667 bits per heavy atom. The summed E-state index contributed by atoms with van der Waals surface area (Å²) in [4.78, 5) is 0. The Morgan fingerprint density at radius 3 is 0.917 bits per heavy atom. The summed E-state index contributed by atoms with van der Waals surface area (Å²) in [5.74, 6) is 0. The SMILES string of the molecule is CCCC(C)(CC)S(=O)(=O)[O-].CCCC(C)(CC)S(=O)(=O)[O-].[NH4+].[NH4+]. The zero-order chi connectivity index (χ0) is 18.2. The number of hydrogen-bond donors (Lipinski definition) is 2. The molecule has 10 heteroatoms. The maximum atomic E-state index is 10.7. The second-order valence-electron chi connectivity index (χ2n) is 6.02. The first-order valence-electron chi connectivity index (χ1n) is 7.65. The Balaban J connectivity index is -0.000000154. The van der Waals surface area contributed by atoms with Gasteiger partial charge < -0.3 is 21.4 Å². The molecule has 0 aromatic carbocycles. The van der Waals surface area contributed by atoms with Crippen molar-refractivity contribution in [2.24, 2.45) is 0 Å². The molecule has 0 aliphatic heterocycles. The van der Waals surface area contributed by atoms with E-state index in [1.165, 1.54) is 13.8 Å². The van der Waals surface area contributed by atoms with Crippen LogP contribution < -0.4 is 12.3 Å². The van der Waals surface area contributed by atoms with Crippen LogP contribution in [-0.4, -0.2) is 35.4 Å². The molecule has 0 spiro atoms. The predicted molar refractivity (Wildman–Crippen MR) is 98.6 cm³/mol.